The molecule has 0 atom stereocenters. The summed E-state index contributed by atoms with van der Waals surface area (Å²) < 4.78 is 35.9. The van der Waals surface area contributed by atoms with E-state index in [1.165, 1.54) is 6.20 Å². The van der Waals surface area contributed by atoms with Crippen LogP contribution in [0.4, 0.5) is 26.9 Å². The van der Waals surface area contributed by atoms with E-state index in [2.05, 4.69) is 56.5 Å². The summed E-state index contributed by atoms with van der Waals surface area (Å²) in [6.45, 7) is 13.9. The summed E-state index contributed by atoms with van der Waals surface area (Å²) >= 11 is 5.80. The Balaban J connectivity index is 0.000000226. The molecule has 4 heterocycles. The lowest BCUT2D eigenvalue weighted by atomic mass is 10.2. The molecule has 0 aliphatic carbocycles. The molecule has 0 saturated heterocycles. The normalized spacial score (nSPS) is 11.0. The van der Waals surface area contributed by atoms with Crippen LogP contribution < -0.4 is 40.6 Å². The van der Waals surface area contributed by atoms with Crippen LogP contribution in [0, 0.1) is 0 Å². The summed E-state index contributed by atoms with van der Waals surface area (Å²) in [5, 5.41) is 42.4. The van der Waals surface area contributed by atoms with Crippen LogP contribution in [0.25, 0.3) is 33.7 Å². The zero-order valence-corrected chi connectivity index (χ0v) is 49.0. The number of hydrogen-bond donors (Lipinski definition) is 6. The molecule has 0 aliphatic rings. The van der Waals surface area contributed by atoms with Gasteiger partial charge in [0.25, 0.3) is 0 Å². The van der Waals surface area contributed by atoms with Crippen molar-refractivity contribution in [3.05, 3.63) is 115 Å². The van der Waals surface area contributed by atoms with Crippen LogP contribution in [0.5, 0.6) is 23.0 Å². The summed E-state index contributed by atoms with van der Waals surface area (Å²) in [6.07, 6.45) is 6.62. The van der Waals surface area contributed by atoms with Gasteiger partial charge in [0, 0.05) is 37.3 Å². The molecule has 452 valence electrons. The minimum Gasteiger partial charge on any atom is -0.494 e. The van der Waals surface area contributed by atoms with Crippen molar-refractivity contribution in [2.45, 2.75) is 104 Å². The highest BCUT2D eigenvalue weighted by Crippen LogP contribution is 2.23. The van der Waals surface area contributed by atoms with Gasteiger partial charge in [-0.3, -0.25) is 9.59 Å². The Labute approximate surface area is 495 Å². The first kappa shape index (κ1) is 64.6. The highest BCUT2D eigenvalue weighted by molar-refractivity contribution is 6.28. The number of nitrogens with zero attached hydrogens (tertiary/aromatic N) is 10. The number of aromatic nitrogens is 10. The number of hydrogen-bond acceptors (Lipinski definition) is 20. The number of ether oxygens (including phenoxy) is 6. The van der Waals surface area contributed by atoms with E-state index in [1.807, 2.05) is 90.1 Å². The molecule has 0 aliphatic heterocycles. The number of anilines is 3. The maximum Gasteiger partial charge on any atom is 0.407 e. The van der Waals surface area contributed by atoms with Crippen molar-refractivity contribution in [2.24, 2.45) is 0 Å². The third-order valence-corrected chi connectivity index (χ3v) is 11.3. The number of aliphatic carboxylic acids is 2. The molecule has 7 N–H and O–H groups in total. The Morgan fingerprint density at radius 2 is 0.918 bits per heavy atom. The Morgan fingerprint density at radius 1 is 0.529 bits per heavy atom. The molecule has 0 radical (unpaired) electrons. The molecule has 0 spiro atoms. The number of benzene rings is 4. The van der Waals surface area contributed by atoms with Crippen LogP contribution in [0.1, 0.15) is 92.9 Å². The summed E-state index contributed by atoms with van der Waals surface area (Å²) in [5.41, 5.74) is 9.74. The molecule has 0 fully saturated rings. The number of carbonyl (C=O) groups is 4. The van der Waals surface area contributed by atoms with E-state index in [4.69, 9.17) is 56.0 Å². The Morgan fingerprint density at radius 3 is 1.34 bits per heavy atom. The van der Waals surface area contributed by atoms with Crippen LogP contribution in [-0.2, 0) is 19.1 Å². The molecule has 0 unspecified atom stereocenters. The number of rotatable bonds is 26. The number of nitrogen functional groups attached to an aromatic ring is 1. The average molecular weight is 1190 g/mol. The van der Waals surface area contributed by atoms with Gasteiger partial charge in [-0.05, 0) is 189 Å². The third kappa shape index (κ3) is 23.7. The zero-order valence-electron chi connectivity index (χ0n) is 48.2. The molecule has 8 rings (SSSR count). The SMILES string of the molecule is CC(C)(C)OC(=O)NCCCCOc1ccc(N)cc1.CC(C)(C)OC(=O)NCCCCOc1ccc(Nc2ncc3nnn(-c4ccc(OCCCC(=O)O)cc4)c3n2)cc1.O=C(O)CCCOc1ccc(-n2nnc3cnc(Cl)nc32)cc1. The van der Waals surface area contributed by atoms with Gasteiger partial charge in [-0.15, -0.1) is 10.2 Å². The first-order valence-electron chi connectivity index (χ1n) is 27.3. The van der Waals surface area contributed by atoms with Crippen LogP contribution in [-0.4, -0.2) is 135 Å². The van der Waals surface area contributed by atoms with Crippen molar-refractivity contribution in [3.8, 4) is 34.4 Å². The molecule has 27 heteroatoms. The van der Waals surface area contributed by atoms with Crippen molar-refractivity contribution < 1.29 is 57.8 Å². The summed E-state index contributed by atoms with van der Waals surface area (Å²) in [7, 11) is 0. The van der Waals surface area contributed by atoms with Crippen molar-refractivity contribution in [1.82, 2.24) is 60.6 Å². The van der Waals surface area contributed by atoms with E-state index in [0.717, 1.165) is 59.9 Å². The Kier molecular flexibility index (Phi) is 24.5. The van der Waals surface area contributed by atoms with E-state index >= 15 is 0 Å². The molecule has 2 amide bonds. The van der Waals surface area contributed by atoms with Crippen LogP contribution in [0.15, 0.2) is 109 Å². The Bertz CT molecular complexity index is 3370. The van der Waals surface area contributed by atoms with Gasteiger partial charge < -0.3 is 60.3 Å². The number of carboxylic acids is 2. The largest absolute Gasteiger partial charge is 0.494 e. The van der Waals surface area contributed by atoms with E-state index in [1.54, 1.807) is 64.1 Å². The summed E-state index contributed by atoms with van der Waals surface area (Å²) in [6, 6.07) is 29.1. The fourth-order valence-corrected chi connectivity index (χ4v) is 7.34. The predicted molar refractivity (Wildman–Crippen MR) is 317 cm³/mol. The van der Waals surface area contributed by atoms with Crippen molar-refractivity contribution in [2.75, 3.05) is 50.6 Å². The smallest absolute Gasteiger partial charge is 0.407 e. The molecule has 26 nitrogen and oxygen atoms in total. The molecule has 4 aromatic carbocycles. The van der Waals surface area contributed by atoms with E-state index in [9.17, 15) is 19.2 Å². The van der Waals surface area contributed by atoms with Crippen molar-refractivity contribution >= 4 is 75.4 Å². The third-order valence-electron chi connectivity index (χ3n) is 11.1. The number of alkyl carbamates (subject to hydrolysis) is 2. The lowest BCUT2D eigenvalue weighted by molar-refractivity contribution is -0.138. The lowest BCUT2D eigenvalue weighted by Gasteiger charge is -2.19. The fourth-order valence-electron chi connectivity index (χ4n) is 7.21. The molecule has 4 aromatic heterocycles. The summed E-state index contributed by atoms with van der Waals surface area (Å²) in [5.74, 6) is 1.53. The minimum atomic E-state index is -0.844. The van der Waals surface area contributed by atoms with Crippen molar-refractivity contribution in [3.63, 3.8) is 0 Å². The monoisotopic (exact) mass is 1190 g/mol. The topological polar surface area (TPSA) is 339 Å². The van der Waals surface area contributed by atoms with Crippen LogP contribution in [0.3, 0.4) is 0 Å². The number of unbranched alkanes of at least 4 members (excludes halogenated alkanes) is 2. The van der Waals surface area contributed by atoms with Gasteiger partial charge in [0.05, 0.1) is 50.2 Å². The molecular weight excluding hydrogens is 1120 g/mol. The number of nitrogens with one attached hydrogen (secondary N) is 3. The molecular formula is C58H71ClN14O12. The van der Waals surface area contributed by atoms with Gasteiger partial charge in [-0.1, -0.05) is 10.4 Å². The Hall–Kier alpha value is -9.59. The van der Waals surface area contributed by atoms with Gasteiger partial charge in [0.1, 0.15) is 34.2 Å². The van der Waals surface area contributed by atoms with Crippen LogP contribution >= 0.6 is 11.6 Å². The predicted octanol–water partition coefficient (Wildman–Crippen LogP) is 9.94. The minimum absolute atomic E-state index is 0.0645. The van der Waals surface area contributed by atoms with Gasteiger partial charge in [-0.25, -0.2) is 19.6 Å². The van der Waals surface area contributed by atoms with E-state index in [0.29, 0.717) is 92.1 Å². The number of carbonyl (C=O) groups excluding carboxylic acids is 2. The lowest BCUT2D eigenvalue weighted by Crippen LogP contribution is -2.33. The highest BCUT2D eigenvalue weighted by atomic mass is 35.5. The second-order valence-corrected chi connectivity index (χ2v) is 21.0. The number of amides is 2. The first-order chi connectivity index (χ1) is 40.7. The van der Waals surface area contributed by atoms with Gasteiger partial charge in [-0.2, -0.15) is 19.3 Å². The number of carboxylic acid groups (broad SMARTS) is 2. The van der Waals surface area contributed by atoms with Gasteiger partial charge in [0.2, 0.25) is 11.2 Å². The standard InChI is InChI=1S/C29H35N7O6.C15H24N2O3.C14H12ClN5O3/c1-29(2,3)42-28(39)30-16-4-5-17-40-22-12-8-20(9-13-22)32-27-31-19-24-26(33-27)36(35-34-24)21-10-14-23(15-11-21)41-18-6-7-25(37)38;1-15(2,3)20-14(18)17-10-4-5-11-19-13-8-6-12(16)7-9-13;15-14-16-8-11-13(17-14)20(19-18-11)9-3-5-10(6-4-9)23-7-1-2-12(21)22/h8-15,19H,4-7,16-18H2,1-3H3,(H,30,39)(H,37,38)(H,31,32,33);6-9H,4-5,10-11,16H2,1-3H3,(H,17,18);3-6,8H,1-2,7H2,(H,21,22). The molecule has 85 heavy (non-hydrogen) atoms. The quantitative estimate of drug-likeness (QED) is 0.0167. The number of halogens is 1. The number of nitrogens with two attached hydrogens (primary N) is 1. The first-order valence-corrected chi connectivity index (χ1v) is 27.7. The molecule has 0 saturated carbocycles. The number of fused-ring (bicyclic) bond motifs is 2. The average Bonchev–Trinajstić information content (AvgIpc) is 3.29. The molecule has 8 aromatic rings. The summed E-state index contributed by atoms with van der Waals surface area (Å²) in [4.78, 5) is 61.0. The van der Waals surface area contributed by atoms with E-state index in [-0.39, 0.29) is 24.2 Å². The van der Waals surface area contributed by atoms with Crippen LogP contribution in [0.2, 0.25) is 5.28 Å². The second-order valence-electron chi connectivity index (χ2n) is 20.6. The maximum absolute atomic E-state index is 11.7. The fraction of sp³-hybridized carbons (Fsp3) is 0.379. The van der Waals surface area contributed by atoms with Gasteiger partial charge >= 0.3 is 24.1 Å². The zero-order chi connectivity index (χ0) is 61.2. The van der Waals surface area contributed by atoms with Crippen molar-refractivity contribution in [1.29, 1.82) is 0 Å². The van der Waals surface area contributed by atoms with E-state index < -0.39 is 29.2 Å². The molecule has 0 bridgehead atoms. The van der Waals surface area contributed by atoms with Gasteiger partial charge in [0.15, 0.2) is 22.3 Å². The maximum atomic E-state index is 11.7. The highest BCUT2D eigenvalue weighted by Gasteiger charge is 2.17. The second kappa shape index (κ2) is 32.3.